The molecule has 10 heteroatoms. The summed E-state index contributed by atoms with van der Waals surface area (Å²) in [5.41, 5.74) is 1.45. The summed E-state index contributed by atoms with van der Waals surface area (Å²) in [6, 6.07) is 11.0. The van der Waals surface area contributed by atoms with Crippen molar-refractivity contribution < 1.29 is 37.4 Å². The van der Waals surface area contributed by atoms with E-state index in [9.17, 15) is 18.4 Å². The number of imide groups is 1. The van der Waals surface area contributed by atoms with Crippen LogP contribution in [0.4, 0.5) is 8.78 Å². The summed E-state index contributed by atoms with van der Waals surface area (Å²) in [4.78, 5) is 31.7. The molecule has 1 unspecified atom stereocenters. The maximum absolute atomic E-state index is 12.9. The normalized spacial score (nSPS) is 21.5. The molecular formula is C23H20F2N2O6. The lowest BCUT2D eigenvalue weighted by atomic mass is 9.93. The fourth-order valence-electron chi connectivity index (χ4n) is 4.16. The van der Waals surface area contributed by atoms with Crippen molar-refractivity contribution in [1.29, 1.82) is 0 Å². The number of benzene rings is 2. The smallest absolute Gasteiger partial charge is 0.387 e. The number of oxime groups is 1. The number of carbonyl (C=O) groups excluding carboxylic acids is 2. The number of alkyl halides is 2. The van der Waals surface area contributed by atoms with Gasteiger partial charge in [0, 0.05) is 18.4 Å². The van der Waals surface area contributed by atoms with Crippen LogP contribution in [0, 0.1) is 0 Å². The summed E-state index contributed by atoms with van der Waals surface area (Å²) < 4.78 is 41.5. The Hall–Kier alpha value is -3.53. The zero-order valence-electron chi connectivity index (χ0n) is 17.5. The van der Waals surface area contributed by atoms with Crippen molar-refractivity contribution in [3.63, 3.8) is 0 Å². The van der Waals surface area contributed by atoms with E-state index in [-0.39, 0.29) is 24.7 Å². The van der Waals surface area contributed by atoms with Gasteiger partial charge in [-0.1, -0.05) is 17.3 Å². The third kappa shape index (κ3) is 4.02. The van der Waals surface area contributed by atoms with Gasteiger partial charge in [0.1, 0.15) is 6.61 Å². The number of fused-ring (bicyclic) bond motifs is 1. The van der Waals surface area contributed by atoms with E-state index in [1.54, 1.807) is 30.3 Å². The number of hydrogen-bond donors (Lipinski definition) is 0. The summed E-state index contributed by atoms with van der Waals surface area (Å²) >= 11 is 0. The molecule has 3 aliphatic heterocycles. The maximum Gasteiger partial charge on any atom is 0.387 e. The minimum absolute atomic E-state index is 0.0464. The maximum atomic E-state index is 12.9. The van der Waals surface area contributed by atoms with E-state index >= 15 is 0 Å². The van der Waals surface area contributed by atoms with Crippen LogP contribution >= 0.6 is 0 Å². The number of halogens is 2. The van der Waals surface area contributed by atoms with Crippen LogP contribution in [0.2, 0.25) is 0 Å². The fraction of sp³-hybridized carbons (Fsp3) is 0.348. The van der Waals surface area contributed by atoms with Crippen LogP contribution in [-0.2, 0) is 9.57 Å². The van der Waals surface area contributed by atoms with E-state index in [1.165, 1.54) is 12.1 Å². The first-order chi connectivity index (χ1) is 16.0. The monoisotopic (exact) mass is 458 g/mol. The van der Waals surface area contributed by atoms with E-state index < -0.39 is 24.0 Å². The van der Waals surface area contributed by atoms with Crippen molar-refractivity contribution in [2.75, 3.05) is 26.4 Å². The van der Waals surface area contributed by atoms with Gasteiger partial charge in [-0.25, -0.2) is 0 Å². The number of nitrogens with zero attached hydrogens (tertiary/aromatic N) is 2. The summed E-state index contributed by atoms with van der Waals surface area (Å²) in [6.07, 6.45) is 1.24. The highest BCUT2D eigenvalue weighted by Gasteiger charge is 2.43. The van der Waals surface area contributed by atoms with Gasteiger partial charge in [-0.2, -0.15) is 8.78 Å². The van der Waals surface area contributed by atoms with Crippen LogP contribution in [0.15, 0.2) is 47.6 Å². The molecule has 1 saturated heterocycles. The quantitative estimate of drug-likeness (QED) is 0.592. The van der Waals surface area contributed by atoms with Crippen LogP contribution in [-0.4, -0.2) is 61.0 Å². The second-order valence-corrected chi connectivity index (χ2v) is 7.99. The molecule has 0 bridgehead atoms. The minimum Gasteiger partial charge on any atom is -0.488 e. The third-order valence-electron chi connectivity index (χ3n) is 5.85. The number of ether oxygens (including phenoxy) is 3. The molecule has 3 aliphatic rings. The average Bonchev–Trinajstić information content (AvgIpc) is 3.51. The van der Waals surface area contributed by atoms with E-state index in [2.05, 4.69) is 9.89 Å². The number of amides is 2. The lowest BCUT2D eigenvalue weighted by Gasteiger charge is -2.18. The highest BCUT2D eigenvalue weighted by molar-refractivity contribution is 6.21. The van der Waals surface area contributed by atoms with Crippen molar-refractivity contribution in [2.45, 2.75) is 25.1 Å². The SMILES string of the molecule is O=C1c2ccccc2C(=O)N1CCOc1cc(C2=NOC3(CCOC3)C2)ccc1OC(F)F. The lowest BCUT2D eigenvalue weighted by Crippen LogP contribution is -2.33. The molecule has 2 aromatic rings. The van der Waals surface area contributed by atoms with Gasteiger partial charge in [0.15, 0.2) is 17.1 Å². The van der Waals surface area contributed by atoms with Gasteiger partial charge in [-0.05, 0) is 30.3 Å². The van der Waals surface area contributed by atoms with Crippen LogP contribution in [0.3, 0.4) is 0 Å². The van der Waals surface area contributed by atoms with E-state index in [4.69, 9.17) is 14.3 Å². The van der Waals surface area contributed by atoms with E-state index in [0.29, 0.717) is 42.0 Å². The Labute approximate surface area is 187 Å². The van der Waals surface area contributed by atoms with Crippen LogP contribution in [0.1, 0.15) is 39.1 Å². The number of carbonyl (C=O) groups is 2. The summed E-state index contributed by atoms with van der Waals surface area (Å²) in [5.74, 6) is -0.942. The van der Waals surface area contributed by atoms with Crippen molar-refractivity contribution in [1.82, 2.24) is 4.90 Å². The lowest BCUT2D eigenvalue weighted by molar-refractivity contribution is -0.0515. The number of hydrogen-bond acceptors (Lipinski definition) is 7. The molecule has 1 spiro atoms. The Morgan fingerprint density at radius 1 is 1.09 bits per heavy atom. The zero-order valence-corrected chi connectivity index (χ0v) is 17.5. The Morgan fingerprint density at radius 3 is 2.52 bits per heavy atom. The van der Waals surface area contributed by atoms with Gasteiger partial charge in [0.05, 0.1) is 36.6 Å². The predicted molar refractivity (Wildman–Crippen MR) is 111 cm³/mol. The van der Waals surface area contributed by atoms with Gasteiger partial charge in [0.25, 0.3) is 11.8 Å². The molecule has 0 aromatic heterocycles. The average molecular weight is 458 g/mol. The predicted octanol–water partition coefficient (Wildman–Crippen LogP) is 3.25. The molecule has 2 amide bonds. The molecule has 0 aliphatic carbocycles. The van der Waals surface area contributed by atoms with Crippen molar-refractivity contribution in [3.05, 3.63) is 59.2 Å². The number of rotatable bonds is 7. The van der Waals surface area contributed by atoms with Gasteiger partial charge in [-0.15, -0.1) is 0 Å². The van der Waals surface area contributed by atoms with Gasteiger partial charge in [-0.3, -0.25) is 14.5 Å². The van der Waals surface area contributed by atoms with Crippen molar-refractivity contribution in [2.24, 2.45) is 5.16 Å². The van der Waals surface area contributed by atoms with Gasteiger partial charge < -0.3 is 19.0 Å². The second kappa shape index (κ2) is 8.43. The fourth-order valence-corrected chi connectivity index (χ4v) is 4.16. The molecule has 5 rings (SSSR count). The van der Waals surface area contributed by atoms with E-state index in [0.717, 1.165) is 11.3 Å². The molecular weight excluding hydrogens is 438 g/mol. The third-order valence-corrected chi connectivity index (χ3v) is 5.85. The molecule has 33 heavy (non-hydrogen) atoms. The summed E-state index contributed by atoms with van der Waals surface area (Å²) in [6.45, 7) is -2.16. The first-order valence-electron chi connectivity index (χ1n) is 10.5. The van der Waals surface area contributed by atoms with Crippen LogP contribution < -0.4 is 9.47 Å². The Bertz CT molecular complexity index is 1090. The molecule has 0 radical (unpaired) electrons. The zero-order chi connectivity index (χ0) is 23.0. The molecule has 172 valence electrons. The van der Waals surface area contributed by atoms with Gasteiger partial charge >= 0.3 is 6.61 Å². The Balaban J connectivity index is 1.30. The highest BCUT2D eigenvalue weighted by Crippen LogP contribution is 2.36. The topological polar surface area (TPSA) is 86.7 Å². The molecule has 1 fully saturated rings. The first kappa shape index (κ1) is 21.3. The van der Waals surface area contributed by atoms with E-state index in [1.807, 2.05) is 0 Å². The summed E-state index contributed by atoms with van der Waals surface area (Å²) in [5, 5.41) is 4.15. The highest BCUT2D eigenvalue weighted by atomic mass is 19.3. The van der Waals surface area contributed by atoms with Crippen molar-refractivity contribution in [3.8, 4) is 11.5 Å². The van der Waals surface area contributed by atoms with Gasteiger partial charge in [0.2, 0.25) is 0 Å². The molecule has 0 saturated carbocycles. The molecule has 2 aromatic carbocycles. The summed E-state index contributed by atoms with van der Waals surface area (Å²) in [7, 11) is 0. The van der Waals surface area contributed by atoms with Crippen molar-refractivity contribution >= 4 is 17.5 Å². The molecule has 1 atom stereocenters. The molecule has 3 heterocycles. The molecule has 8 nitrogen and oxygen atoms in total. The Kier molecular flexibility index (Phi) is 5.45. The largest absolute Gasteiger partial charge is 0.488 e. The minimum atomic E-state index is -3.04. The van der Waals surface area contributed by atoms with Crippen LogP contribution in [0.5, 0.6) is 11.5 Å². The standard InChI is InChI=1S/C23H20F2N2O6/c24-22(25)32-18-6-5-14(17-12-23(33-26-17)7-9-30-13-23)11-19(18)31-10-8-27-20(28)15-3-1-2-4-16(15)21(27)29/h1-6,11,22H,7-10,12-13H2. The first-order valence-corrected chi connectivity index (χ1v) is 10.5. The Morgan fingerprint density at radius 2 is 1.85 bits per heavy atom. The molecule has 0 N–H and O–H groups in total. The van der Waals surface area contributed by atoms with Crippen LogP contribution in [0.25, 0.3) is 0 Å². The second-order valence-electron chi connectivity index (χ2n) is 7.99.